The van der Waals surface area contributed by atoms with Crippen molar-refractivity contribution in [3.63, 3.8) is 0 Å². The zero-order valence-electron chi connectivity index (χ0n) is 17.8. The third kappa shape index (κ3) is 4.51. The number of nitrogens with zero attached hydrogens (tertiary/aromatic N) is 1. The van der Waals surface area contributed by atoms with Gasteiger partial charge in [-0.3, -0.25) is 4.98 Å². The fourth-order valence-electron chi connectivity index (χ4n) is 4.05. The van der Waals surface area contributed by atoms with Crippen molar-refractivity contribution >= 4 is 11.3 Å². The van der Waals surface area contributed by atoms with Crippen LogP contribution in [0.3, 0.4) is 0 Å². The van der Waals surface area contributed by atoms with E-state index in [9.17, 15) is 9.50 Å². The average molecular weight is 456 g/mol. The number of rotatable bonds is 7. The molecule has 0 amide bonds. The molecule has 5 rings (SSSR count). The Morgan fingerprint density at radius 2 is 1.61 bits per heavy atom. The Balaban J connectivity index is 1.67. The van der Waals surface area contributed by atoms with Gasteiger partial charge in [-0.15, -0.1) is 11.3 Å². The maximum atomic E-state index is 13.7. The average Bonchev–Trinajstić information content (AvgIpc) is 3.52. The fraction of sp³-hybridized carbons (Fsp3) is 0.107. The molecule has 1 N–H and O–H groups in total. The van der Waals surface area contributed by atoms with Crippen molar-refractivity contribution in [2.75, 3.05) is 0 Å². The molecule has 0 aliphatic rings. The summed E-state index contributed by atoms with van der Waals surface area (Å²) < 4.78 is 19.4. The Morgan fingerprint density at radius 3 is 2.30 bits per heavy atom. The first kappa shape index (κ1) is 21.3. The van der Waals surface area contributed by atoms with Gasteiger partial charge in [-0.1, -0.05) is 42.5 Å². The summed E-state index contributed by atoms with van der Waals surface area (Å²) in [5, 5.41) is 11.5. The molecule has 3 heterocycles. The highest BCUT2D eigenvalue weighted by atomic mass is 32.1. The largest absolute Gasteiger partial charge is 0.464 e. The molecule has 33 heavy (non-hydrogen) atoms. The van der Waals surface area contributed by atoms with Gasteiger partial charge in [0.2, 0.25) is 0 Å². The summed E-state index contributed by atoms with van der Waals surface area (Å²) in [5.41, 5.74) is 4.78. The Kier molecular flexibility index (Phi) is 6.15. The molecule has 0 fully saturated rings. The predicted molar refractivity (Wildman–Crippen MR) is 130 cm³/mol. The first-order chi connectivity index (χ1) is 16.2. The molecule has 5 aromatic rings. The summed E-state index contributed by atoms with van der Waals surface area (Å²) in [6, 6.07) is 24.3. The summed E-state index contributed by atoms with van der Waals surface area (Å²) in [5.74, 6) is 0.424. The predicted octanol–water partition coefficient (Wildman–Crippen LogP) is 7.54. The number of thiophene rings is 1. The smallest absolute Gasteiger partial charge is 0.144 e. The van der Waals surface area contributed by atoms with Crippen LogP contribution in [0, 0.1) is 5.82 Å². The van der Waals surface area contributed by atoms with E-state index < -0.39 is 6.10 Å². The minimum Gasteiger partial charge on any atom is -0.464 e. The second kappa shape index (κ2) is 9.53. The Hall–Kier alpha value is -3.54. The molecule has 0 radical (unpaired) electrons. The number of furan rings is 1. The number of aliphatic hydroxyl groups is 1. The van der Waals surface area contributed by atoms with Crippen LogP contribution in [0.4, 0.5) is 4.39 Å². The van der Waals surface area contributed by atoms with Gasteiger partial charge in [-0.25, -0.2) is 4.39 Å². The van der Waals surface area contributed by atoms with E-state index in [-0.39, 0.29) is 5.82 Å². The molecule has 0 spiro atoms. The zero-order valence-corrected chi connectivity index (χ0v) is 18.6. The van der Waals surface area contributed by atoms with Gasteiger partial charge in [-0.05, 0) is 65.9 Å². The number of hydrogen-bond donors (Lipinski definition) is 1. The molecule has 3 nitrogen and oxygen atoms in total. The number of hydrogen-bond acceptors (Lipinski definition) is 4. The van der Waals surface area contributed by atoms with Gasteiger partial charge >= 0.3 is 0 Å². The minimum atomic E-state index is -0.709. The third-order valence-corrected chi connectivity index (χ3v) is 6.92. The maximum Gasteiger partial charge on any atom is 0.144 e. The Morgan fingerprint density at radius 1 is 0.848 bits per heavy atom. The van der Waals surface area contributed by atoms with Crippen molar-refractivity contribution in [2.45, 2.75) is 18.9 Å². The van der Waals surface area contributed by atoms with Gasteiger partial charge in [0.25, 0.3) is 0 Å². The molecular formula is C28H22FNO2S. The molecule has 3 aromatic heterocycles. The quantitative estimate of drug-likeness (QED) is 0.276. The molecule has 0 aliphatic carbocycles. The lowest BCUT2D eigenvalue weighted by Crippen LogP contribution is -2.02. The molecule has 2 aromatic carbocycles. The van der Waals surface area contributed by atoms with Crippen LogP contribution in [0.1, 0.15) is 23.7 Å². The van der Waals surface area contributed by atoms with Gasteiger partial charge in [0.15, 0.2) is 0 Å². The summed E-state index contributed by atoms with van der Waals surface area (Å²) in [4.78, 5) is 6.01. The highest BCUT2D eigenvalue weighted by Crippen LogP contribution is 2.50. The van der Waals surface area contributed by atoms with E-state index in [1.165, 1.54) is 17.7 Å². The van der Waals surface area contributed by atoms with Gasteiger partial charge < -0.3 is 9.52 Å². The van der Waals surface area contributed by atoms with Gasteiger partial charge in [0.05, 0.1) is 17.2 Å². The van der Waals surface area contributed by atoms with Crippen LogP contribution < -0.4 is 0 Å². The van der Waals surface area contributed by atoms with Crippen molar-refractivity contribution in [2.24, 2.45) is 0 Å². The van der Waals surface area contributed by atoms with E-state index >= 15 is 0 Å². The summed E-state index contributed by atoms with van der Waals surface area (Å²) in [6.07, 6.45) is 5.73. The molecule has 1 atom stereocenters. The van der Waals surface area contributed by atoms with Crippen molar-refractivity contribution in [1.82, 2.24) is 4.98 Å². The van der Waals surface area contributed by atoms with E-state index in [0.29, 0.717) is 12.2 Å². The van der Waals surface area contributed by atoms with Gasteiger partial charge in [0, 0.05) is 28.4 Å². The van der Waals surface area contributed by atoms with Crippen LogP contribution in [0.25, 0.3) is 32.2 Å². The van der Waals surface area contributed by atoms with Gasteiger partial charge in [0.1, 0.15) is 11.6 Å². The Bertz CT molecular complexity index is 1310. The summed E-state index contributed by atoms with van der Waals surface area (Å²) in [6.45, 7) is 0. The zero-order chi connectivity index (χ0) is 22.6. The highest BCUT2D eigenvalue weighted by molar-refractivity contribution is 7.19. The molecule has 1 unspecified atom stereocenters. The molecule has 0 saturated heterocycles. The van der Waals surface area contributed by atoms with Gasteiger partial charge in [-0.2, -0.15) is 0 Å². The number of halogens is 1. The van der Waals surface area contributed by atoms with E-state index in [1.807, 2.05) is 42.5 Å². The molecule has 0 aliphatic heterocycles. The molecule has 0 saturated carbocycles. The first-order valence-electron chi connectivity index (χ1n) is 10.8. The number of aliphatic hydroxyl groups excluding tert-OH is 1. The SMILES string of the molecule is OC(CCc1ccccc1)c1c(-c2ccco2)sc(-c2ccc(F)cc2)c1-c1ccncc1. The second-order valence-corrected chi connectivity index (χ2v) is 8.83. The summed E-state index contributed by atoms with van der Waals surface area (Å²) >= 11 is 1.55. The normalized spacial score (nSPS) is 12.1. The molecular weight excluding hydrogens is 433 g/mol. The molecule has 164 valence electrons. The van der Waals surface area contributed by atoms with E-state index in [4.69, 9.17) is 4.42 Å². The highest BCUT2D eigenvalue weighted by Gasteiger charge is 2.27. The van der Waals surface area contributed by atoms with E-state index in [1.54, 1.807) is 42.1 Å². The summed E-state index contributed by atoms with van der Waals surface area (Å²) in [7, 11) is 0. The van der Waals surface area contributed by atoms with Crippen LogP contribution in [0.15, 0.2) is 102 Å². The third-order valence-electron chi connectivity index (χ3n) is 5.65. The lowest BCUT2D eigenvalue weighted by molar-refractivity contribution is 0.169. The molecule has 0 bridgehead atoms. The number of aromatic nitrogens is 1. The van der Waals surface area contributed by atoms with Crippen LogP contribution in [-0.4, -0.2) is 10.1 Å². The van der Waals surface area contributed by atoms with Crippen LogP contribution in [0.2, 0.25) is 0 Å². The van der Waals surface area contributed by atoms with Crippen LogP contribution >= 0.6 is 11.3 Å². The van der Waals surface area contributed by atoms with Crippen molar-refractivity contribution in [3.8, 4) is 32.2 Å². The standard InChI is InChI=1S/C28H22FNO2S/c29-22-11-9-21(10-12-22)27-25(20-14-16-30-17-15-20)26(28(33-27)24-7-4-18-32-24)23(31)13-8-19-5-2-1-3-6-19/h1-7,9-12,14-18,23,31H,8,13H2. The second-order valence-electron chi connectivity index (χ2n) is 7.81. The Labute approximate surface area is 195 Å². The maximum absolute atomic E-state index is 13.7. The lowest BCUT2D eigenvalue weighted by Gasteiger charge is -2.15. The van der Waals surface area contributed by atoms with Crippen molar-refractivity contribution in [1.29, 1.82) is 0 Å². The first-order valence-corrected chi connectivity index (χ1v) is 11.6. The molecule has 5 heteroatoms. The monoisotopic (exact) mass is 455 g/mol. The number of pyridine rings is 1. The number of aryl methyl sites for hydroxylation is 1. The minimum absolute atomic E-state index is 0.282. The number of benzene rings is 2. The van der Waals surface area contributed by atoms with Crippen LogP contribution in [-0.2, 0) is 6.42 Å². The fourth-order valence-corrected chi connectivity index (χ4v) is 5.41. The van der Waals surface area contributed by atoms with Crippen molar-refractivity contribution in [3.05, 3.63) is 114 Å². The van der Waals surface area contributed by atoms with E-state index in [0.717, 1.165) is 38.4 Å². The lowest BCUT2D eigenvalue weighted by atomic mass is 9.92. The van der Waals surface area contributed by atoms with E-state index in [2.05, 4.69) is 17.1 Å². The topological polar surface area (TPSA) is 46.3 Å². The van der Waals surface area contributed by atoms with Crippen molar-refractivity contribution < 1.29 is 13.9 Å². The van der Waals surface area contributed by atoms with Crippen LogP contribution in [0.5, 0.6) is 0 Å².